The number of ketones is 1. The van der Waals surface area contributed by atoms with Crippen molar-refractivity contribution in [2.45, 2.75) is 25.8 Å². The van der Waals surface area contributed by atoms with Crippen LogP contribution in [0.15, 0.2) is 48.5 Å². The number of likely N-dealkylation sites (tertiary alicyclic amines) is 1. The third-order valence-corrected chi connectivity index (χ3v) is 4.87. The molecule has 0 saturated carbocycles. The van der Waals surface area contributed by atoms with E-state index in [0.29, 0.717) is 17.8 Å². The molecule has 0 aliphatic carbocycles. The Balaban J connectivity index is 1.67. The van der Waals surface area contributed by atoms with Gasteiger partial charge in [-0.1, -0.05) is 41.9 Å². The summed E-state index contributed by atoms with van der Waals surface area (Å²) in [5.74, 6) is -0.103. The van der Waals surface area contributed by atoms with Gasteiger partial charge < -0.3 is 5.32 Å². The number of Topliss-reactive ketones (excluding diaryl/α,β-unsaturated/α-hetero) is 1. The van der Waals surface area contributed by atoms with Crippen LogP contribution in [0.2, 0.25) is 5.02 Å². The van der Waals surface area contributed by atoms with Gasteiger partial charge in [-0.3, -0.25) is 14.5 Å². The average molecular weight is 357 g/mol. The van der Waals surface area contributed by atoms with Gasteiger partial charge in [0.1, 0.15) is 0 Å². The number of anilines is 1. The summed E-state index contributed by atoms with van der Waals surface area (Å²) in [7, 11) is 0. The first-order chi connectivity index (χ1) is 12.0. The van der Waals surface area contributed by atoms with Gasteiger partial charge in [0.25, 0.3) is 0 Å². The number of nitrogens with one attached hydrogen (secondary N) is 1. The normalized spacial score (nSPS) is 17.4. The molecular formula is C20H21ClN2O2. The first kappa shape index (κ1) is 17.6. The van der Waals surface area contributed by atoms with Gasteiger partial charge >= 0.3 is 0 Å². The highest BCUT2D eigenvalue weighted by molar-refractivity contribution is 6.31. The Morgan fingerprint density at radius 1 is 1.20 bits per heavy atom. The van der Waals surface area contributed by atoms with Crippen molar-refractivity contribution in [3.8, 4) is 0 Å². The number of benzene rings is 2. The summed E-state index contributed by atoms with van der Waals surface area (Å²) in [6, 6.07) is 15.0. The van der Waals surface area contributed by atoms with Crippen LogP contribution in [-0.4, -0.2) is 29.7 Å². The van der Waals surface area contributed by atoms with Crippen molar-refractivity contribution in [1.82, 2.24) is 4.90 Å². The molecule has 25 heavy (non-hydrogen) atoms. The largest absolute Gasteiger partial charge is 0.325 e. The van der Waals surface area contributed by atoms with E-state index >= 15 is 0 Å². The maximum absolute atomic E-state index is 12.4. The Kier molecular flexibility index (Phi) is 5.51. The lowest BCUT2D eigenvalue weighted by Gasteiger charge is -2.25. The highest BCUT2D eigenvalue weighted by Crippen LogP contribution is 2.35. The third-order valence-electron chi connectivity index (χ3n) is 4.53. The van der Waals surface area contributed by atoms with Gasteiger partial charge in [0, 0.05) is 22.3 Å². The Bertz CT molecular complexity index is 791. The van der Waals surface area contributed by atoms with E-state index in [1.54, 1.807) is 24.3 Å². The maximum atomic E-state index is 12.4. The Hall–Kier alpha value is -2.17. The molecule has 1 atom stereocenters. The van der Waals surface area contributed by atoms with E-state index in [9.17, 15) is 9.59 Å². The standard InChI is InChI=1S/C20H21ClN2O2/c1-14(24)15-6-4-7-16(12-15)22-20(25)13-23-11-5-10-19(23)17-8-2-3-9-18(17)21/h2-4,6-9,12,19H,5,10-11,13H2,1H3,(H,22,25). The van der Waals surface area contributed by atoms with E-state index in [1.165, 1.54) is 6.92 Å². The van der Waals surface area contributed by atoms with Crippen molar-refractivity contribution >= 4 is 29.0 Å². The van der Waals surface area contributed by atoms with Crippen LogP contribution in [0.5, 0.6) is 0 Å². The van der Waals surface area contributed by atoms with Gasteiger partial charge in [-0.05, 0) is 50.1 Å². The second kappa shape index (κ2) is 7.81. The zero-order valence-electron chi connectivity index (χ0n) is 14.2. The molecule has 1 heterocycles. The Morgan fingerprint density at radius 3 is 2.76 bits per heavy atom. The number of carbonyl (C=O) groups excluding carboxylic acids is 2. The smallest absolute Gasteiger partial charge is 0.238 e. The van der Waals surface area contributed by atoms with Crippen molar-refractivity contribution in [2.24, 2.45) is 0 Å². The fraction of sp³-hybridized carbons (Fsp3) is 0.300. The molecular weight excluding hydrogens is 336 g/mol. The minimum absolute atomic E-state index is 0.0191. The lowest BCUT2D eigenvalue weighted by atomic mass is 10.0. The third kappa shape index (κ3) is 4.27. The minimum Gasteiger partial charge on any atom is -0.325 e. The van der Waals surface area contributed by atoms with Gasteiger partial charge in [0.2, 0.25) is 5.91 Å². The number of hydrogen-bond acceptors (Lipinski definition) is 3. The van der Waals surface area contributed by atoms with E-state index in [4.69, 9.17) is 11.6 Å². The molecule has 4 nitrogen and oxygen atoms in total. The van der Waals surface area contributed by atoms with Gasteiger partial charge in [-0.15, -0.1) is 0 Å². The molecule has 1 unspecified atom stereocenters. The molecule has 0 radical (unpaired) electrons. The molecule has 1 fully saturated rings. The van der Waals surface area contributed by atoms with E-state index < -0.39 is 0 Å². The quantitative estimate of drug-likeness (QED) is 0.812. The van der Waals surface area contributed by atoms with Crippen molar-refractivity contribution < 1.29 is 9.59 Å². The van der Waals surface area contributed by atoms with Crippen LogP contribution in [0.1, 0.15) is 41.7 Å². The van der Waals surface area contributed by atoms with Crippen LogP contribution >= 0.6 is 11.6 Å². The molecule has 1 amide bonds. The predicted octanol–water partition coefficient (Wildman–Crippen LogP) is 4.32. The van der Waals surface area contributed by atoms with Crippen molar-refractivity contribution in [2.75, 3.05) is 18.4 Å². The second-order valence-electron chi connectivity index (χ2n) is 6.34. The zero-order chi connectivity index (χ0) is 17.8. The fourth-order valence-electron chi connectivity index (χ4n) is 3.31. The SMILES string of the molecule is CC(=O)c1cccc(NC(=O)CN2CCCC2c2ccccc2Cl)c1. The van der Waals surface area contributed by atoms with Gasteiger partial charge in [-0.25, -0.2) is 0 Å². The molecule has 1 N–H and O–H groups in total. The van der Waals surface area contributed by atoms with Crippen molar-refractivity contribution in [3.05, 3.63) is 64.7 Å². The molecule has 0 aromatic heterocycles. The first-order valence-electron chi connectivity index (χ1n) is 8.44. The van der Waals surface area contributed by atoms with E-state index in [1.807, 2.05) is 24.3 Å². The van der Waals surface area contributed by atoms with Crippen molar-refractivity contribution in [1.29, 1.82) is 0 Å². The Morgan fingerprint density at radius 2 is 2.00 bits per heavy atom. The summed E-state index contributed by atoms with van der Waals surface area (Å²) in [5, 5.41) is 3.63. The van der Waals surface area contributed by atoms with E-state index in [0.717, 1.165) is 30.0 Å². The molecule has 1 aliphatic rings. The number of rotatable bonds is 5. The van der Waals surface area contributed by atoms with E-state index in [2.05, 4.69) is 10.2 Å². The molecule has 0 bridgehead atoms. The van der Waals surface area contributed by atoms with Crippen LogP contribution < -0.4 is 5.32 Å². The van der Waals surface area contributed by atoms with Gasteiger partial charge in [-0.2, -0.15) is 0 Å². The summed E-state index contributed by atoms with van der Waals surface area (Å²) in [6.45, 7) is 2.69. The highest BCUT2D eigenvalue weighted by Gasteiger charge is 2.28. The van der Waals surface area contributed by atoms with Crippen LogP contribution in [-0.2, 0) is 4.79 Å². The summed E-state index contributed by atoms with van der Waals surface area (Å²) >= 11 is 6.32. The molecule has 130 valence electrons. The summed E-state index contributed by atoms with van der Waals surface area (Å²) in [5.41, 5.74) is 2.31. The molecule has 3 rings (SSSR count). The van der Waals surface area contributed by atoms with Crippen LogP contribution in [0, 0.1) is 0 Å². The number of carbonyl (C=O) groups is 2. The lowest BCUT2D eigenvalue weighted by molar-refractivity contribution is -0.117. The number of hydrogen-bond donors (Lipinski definition) is 1. The molecule has 5 heteroatoms. The number of halogens is 1. The summed E-state index contributed by atoms with van der Waals surface area (Å²) < 4.78 is 0. The first-order valence-corrected chi connectivity index (χ1v) is 8.82. The molecule has 1 aliphatic heterocycles. The molecule has 2 aromatic rings. The van der Waals surface area contributed by atoms with Crippen molar-refractivity contribution in [3.63, 3.8) is 0 Å². The monoisotopic (exact) mass is 356 g/mol. The lowest BCUT2D eigenvalue weighted by Crippen LogP contribution is -2.33. The Labute approximate surface area is 152 Å². The number of amides is 1. The topological polar surface area (TPSA) is 49.4 Å². The maximum Gasteiger partial charge on any atom is 0.238 e. The summed E-state index contributed by atoms with van der Waals surface area (Å²) in [6.07, 6.45) is 2.04. The molecule has 2 aromatic carbocycles. The fourth-order valence-corrected chi connectivity index (χ4v) is 3.58. The van der Waals surface area contributed by atoms with Crippen LogP contribution in [0.4, 0.5) is 5.69 Å². The highest BCUT2D eigenvalue weighted by atomic mass is 35.5. The number of nitrogens with zero attached hydrogens (tertiary/aromatic N) is 1. The van der Waals surface area contributed by atoms with Crippen LogP contribution in [0.3, 0.4) is 0 Å². The zero-order valence-corrected chi connectivity index (χ0v) is 14.9. The molecule has 1 saturated heterocycles. The predicted molar refractivity (Wildman–Crippen MR) is 100 cm³/mol. The van der Waals surface area contributed by atoms with Gasteiger partial charge in [0.05, 0.1) is 6.54 Å². The second-order valence-corrected chi connectivity index (χ2v) is 6.74. The van der Waals surface area contributed by atoms with Gasteiger partial charge in [0.15, 0.2) is 5.78 Å². The summed E-state index contributed by atoms with van der Waals surface area (Å²) in [4.78, 5) is 26.1. The average Bonchev–Trinajstić information content (AvgIpc) is 3.03. The minimum atomic E-state index is -0.0837. The van der Waals surface area contributed by atoms with E-state index in [-0.39, 0.29) is 17.7 Å². The van der Waals surface area contributed by atoms with Crippen LogP contribution in [0.25, 0.3) is 0 Å². The molecule has 0 spiro atoms.